The second kappa shape index (κ2) is 6.95. The van der Waals surface area contributed by atoms with E-state index in [0.717, 1.165) is 25.8 Å². The van der Waals surface area contributed by atoms with Crippen molar-refractivity contribution in [3.05, 3.63) is 0 Å². The fourth-order valence-corrected chi connectivity index (χ4v) is 2.35. The second-order valence-electron chi connectivity index (χ2n) is 5.05. The van der Waals surface area contributed by atoms with Crippen molar-refractivity contribution in [1.29, 1.82) is 5.26 Å². The van der Waals surface area contributed by atoms with Gasteiger partial charge in [0.25, 0.3) is 0 Å². The Kier molecular flexibility index (Phi) is 5.90. The first-order valence-electron chi connectivity index (χ1n) is 6.67. The Labute approximate surface area is 106 Å². The molecule has 98 valence electrons. The normalized spacial score (nSPS) is 22.0. The minimum absolute atomic E-state index is 0.313. The van der Waals surface area contributed by atoms with Gasteiger partial charge in [-0.25, -0.2) is 0 Å². The molecule has 4 heteroatoms. The Balaban J connectivity index is 2.25. The molecule has 0 bridgehead atoms. The van der Waals surface area contributed by atoms with Gasteiger partial charge >= 0.3 is 0 Å². The van der Waals surface area contributed by atoms with Crippen LogP contribution in [0.2, 0.25) is 0 Å². The van der Waals surface area contributed by atoms with E-state index in [0.29, 0.717) is 0 Å². The smallest absolute Gasteiger partial charge is 0.106 e. The molecule has 1 heterocycles. The van der Waals surface area contributed by atoms with Crippen molar-refractivity contribution in [2.24, 2.45) is 0 Å². The summed E-state index contributed by atoms with van der Waals surface area (Å²) in [7, 11) is 4.07. The zero-order chi connectivity index (χ0) is 12.7. The summed E-state index contributed by atoms with van der Waals surface area (Å²) < 4.78 is 0. The van der Waals surface area contributed by atoms with Gasteiger partial charge in [-0.15, -0.1) is 0 Å². The number of nitrogens with zero attached hydrogens (tertiary/aromatic N) is 3. The van der Waals surface area contributed by atoms with Crippen LogP contribution in [0.15, 0.2) is 0 Å². The zero-order valence-electron chi connectivity index (χ0n) is 11.5. The standard InChI is InChI=1S/C13H26N4/c1-4-13(12-14,15-2)6-5-7-17-10-8-16(3)9-11-17/h15H,4-11H2,1-3H3. The molecule has 1 N–H and O–H groups in total. The monoisotopic (exact) mass is 238 g/mol. The first-order chi connectivity index (χ1) is 8.15. The number of hydrogen-bond acceptors (Lipinski definition) is 4. The van der Waals surface area contributed by atoms with Gasteiger partial charge in [-0.3, -0.25) is 0 Å². The Hall–Kier alpha value is -0.630. The molecule has 0 aromatic heterocycles. The number of hydrogen-bond donors (Lipinski definition) is 1. The maximum Gasteiger partial charge on any atom is 0.106 e. The Morgan fingerprint density at radius 1 is 1.29 bits per heavy atom. The summed E-state index contributed by atoms with van der Waals surface area (Å²) in [5.74, 6) is 0. The summed E-state index contributed by atoms with van der Waals surface area (Å²) in [6.45, 7) is 7.88. The largest absolute Gasteiger partial charge is 0.304 e. The van der Waals surface area contributed by atoms with Crippen molar-refractivity contribution in [3.63, 3.8) is 0 Å². The molecular formula is C13H26N4. The number of nitrogens with one attached hydrogen (secondary N) is 1. The first-order valence-corrected chi connectivity index (χ1v) is 6.67. The number of piperazine rings is 1. The molecule has 1 saturated heterocycles. The number of likely N-dealkylation sites (N-methyl/N-ethyl adjacent to an activating group) is 1. The fraction of sp³-hybridized carbons (Fsp3) is 0.923. The van der Waals surface area contributed by atoms with Gasteiger partial charge < -0.3 is 15.1 Å². The lowest BCUT2D eigenvalue weighted by Gasteiger charge is -2.33. The molecule has 1 aliphatic rings. The molecule has 0 saturated carbocycles. The lowest BCUT2D eigenvalue weighted by atomic mass is 9.92. The van der Waals surface area contributed by atoms with Gasteiger partial charge in [-0.2, -0.15) is 5.26 Å². The number of nitriles is 1. The van der Waals surface area contributed by atoms with Crippen molar-refractivity contribution >= 4 is 0 Å². The van der Waals surface area contributed by atoms with E-state index < -0.39 is 0 Å². The van der Waals surface area contributed by atoms with E-state index in [2.05, 4.69) is 35.2 Å². The summed E-state index contributed by atoms with van der Waals surface area (Å²) in [6, 6.07) is 2.42. The summed E-state index contributed by atoms with van der Waals surface area (Å²) >= 11 is 0. The summed E-state index contributed by atoms with van der Waals surface area (Å²) in [5, 5.41) is 12.4. The van der Waals surface area contributed by atoms with Crippen molar-refractivity contribution < 1.29 is 0 Å². The lowest BCUT2D eigenvalue weighted by molar-refractivity contribution is 0.149. The minimum Gasteiger partial charge on any atom is -0.304 e. The molecule has 0 amide bonds. The van der Waals surface area contributed by atoms with Gasteiger partial charge in [0.1, 0.15) is 5.54 Å². The molecule has 1 aliphatic heterocycles. The van der Waals surface area contributed by atoms with Crippen LogP contribution >= 0.6 is 0 Å². The quantitative estimate of drug-likeness (QED) is 0.747. The maximum atomic E-state index is 9.22. The van der Waals surface area contributed by atoms with E-state index in [-0.39, 0.29) is 5.54 Å². The SMILES string of the molecule is CCC(C#N)(CCCN1CCN(C)CC1)NC. The summed E-state index contributed by atoms with van der Waals surface area (Å²) in [4.78, 5) is 4.88. The van der Waals surface area contributed by atoms with Crippen LogP contribution in [0.4, 0.5) is 0 Å². The Morgan fingerprint density at radius 2 is 1.94 bits per heavy atom. The predicted molar refractivity (Wildman–Crippen MR) is 70.9 cm³/mol. The number of rotatable bonds is 6. The van der Waals surface area contributed by atoms with Crippen LogP contribution in [0.1, 0.15) is 26.2 Å². The molecule has 0 aromatic carbocycles. The van der Waals surface area contributed by atoms with Crippen LogP contribution < -0.4 is 5.32 Å². The van der Waals surface area contributed by atoms with E-state index in [1.54, 1.807) is 0 Å². The molecule has 0 aromatic rings. The highest BCUT2D eigenvalue weighted by molar-refractivity contribution is 5.05. The van der Waals surface area contributed by atoms with E-state index in [9.17, 15) is 5.26 Å². The third-order valence-electron chi connectivity index (χ3n) is 3.97. The highest BCUT2D eigenvalue weighted by Crippen LogP contribution is 2.16. The molecule has 1 unspecified atom stereocenters. The average Bonchev–Trinajstić information content (AvgIpc) is 2.38. The Morgan fingerprint density at radius 3 is 2.41 bits per heavy atom. The van der Waals surface area contributed by atoms with Gasteiger partial charge in [0.15, 0.2) is 0 Å². The van der Waals surface area contributed by atoms with Crippen molar-refractivity contribution in [1.82, 2.24) is 15.1 Å². The highest BCUT2D eigenvalue weighted by atomic mass is 15.2. The van der Waals surface area contributed by atoms with Gasteiger partial charge in [0, 0.05) is 26.2 Å². The Bertz CT molecular complexity index is 247. The maximum absolute atomic E-state index is 9.22. The fourth-order valence-electron chi connectivity index (χ4n) is 2.35. The third kappa shape index (κ3) is 4.27. The van der Waals surface area contributed by atoms with Gasteiger partial charge in [-0.05, 0) is 39.9 Å². The van der Waals surface area contributed by atoms with Crippen molar-refractivity contribution in [2.75, 3.05) is 46.8 Å². The molecule has 0 aliphatic carbocycles. The molecule has 17 heavy (non-hydrogen) atoms. The van der Waals surface area contributed by atoms with Crippen LogP contribution in [0.5, 0.6) is 0 Å². The average molecular weight is 238 g/mol. The summed E-state index contributed by atoms with van der Waals surface area (Å²) in [5.41, 5.74) is -0.313. The topological polar surface area (TPSA) is 42.3 Å². The van der Waals surface area contributed by atoms with Crippen molar-refractivity contribution in [2.45, 2.75) is 31.7 Å². The highest BCUT2D eigenvalue weighted by Gasteiger charge is 2.25. The zero-order valence-corrected chi connectivity index (χ0v) is 11.5. The molecular weight excluding hydrogens is 212 g/mol. The van der Waals surface area contributed by atoms with E-state index in [4.69, 9.17) is 0 Å². The molecule has 4 nitrogen and oxygen atoms in total. The molecule has 1 rings (SSSR count). The van der Waals surface area contributed by atoms with Crippen LogP contribution in [0.25, 0.3) is 0 Å². The molecule has 1 atom stereocenters. The molecule has 0 spiro atoms. The van der Waals surface area contributed by atoms with E-state index in [1.807, 2.05) is 7.05 Å². The van der Waals surface area contributed by atoms with E-state index >= 15 is 0 Å². The van der Waals surface area contributed by atoms with Crippen LogP contribution in [-0.4, -0.2) is 62.2 Å². The third-order valence-corrected chi connectivity index (χ3v) is 3.97. The van der Waals surface area contributed by atoms with Gasteiger partial charge in [-0.1, -0.05) is 6.92 Å². The van der Waals surface area contributed by atoms with Gasteiger partial charge in [0.05, 0.1) is 6.07 Å². The van der Waals surface area contributed by atoms with Crippen molar-refractivity contribution in [3.8, 4) is 6.07 Å². The van der Waals surface area contributed by atoms with E-state index in [1.165, 1.54) is 26.2 Å². The van der Waals surface area contributed by atoms with Gasteiger partial charge in [0.2, 0.25) is 0 Å². The first kappa shape index (κ1) is 14.4. The minimum atomic E-state index is -0.313. The molecule has 0 radical (unpaired) electrons. The predicted octanol–water partition coefficient (Wildman–Crippen LogP) is 0.906. The summed E-state index contributed by atoms with van der Waals surface area (Å²) in [6.07, 6.45) is 2.93. The van der Waals surface area contributed by atoms with Crippen LogP contribution in [0.3, 0.4) is 0 Å². The van der Waals surface area contributed by atoms with Crippen LogP contribution in [-0.2, 0) is 0 Å². The molecule has 1 fully saturated rings. The lowest BCUT2D eigenvalue weighted by Crippen LogP contribution is -2.46. The second-order valence-corrected chi connectivity index (χ2v) is 5.05. The van der Waals surface area contributed by atoms with Crippen LogP contribution in [0, 0.1) is 11.3 Å².